The van der Waals surface area contributed by atoms with Crippen molar-refractivity contribution in [2.24, 2.45) is 5.92 Å². The van der Waals surface area contributed by atoms with Crippen LogP contribution < -0.4 is 10.6 Å². The fraction of sp³-hybridized carbons (Fsp3) is 0.217. The fourth-order valence-electron chi connectivity index (χ4n) is 4.14. The molecule has 0 saturated carbocycles. The van der Waals surface area contributed by atoms with Crippen molar-refractivity contribution in [1.29, 1.82) is 0 Å². The second kappa shape index (κ2) is 7.79. The van der Waals surface area contributed by atoms with Crippen LogP contribution in [0.3, 0.4) is 0 Å². The average Bonchev–Trinajstić information content (AvgIpc) is 3.23. The number of aromatic nitrogens is 2. The molecule has 0 atom stereocenters. The highest BCUT2D eigenvalue weighted by Gasteiger charge is 2.26. The first-order valence-electron chi connectivity index (χ1n) is 10.3. The molecular formula is C23H22N4O3S. The summed E-state index contributed by atoms with van der Waals surface area (Å²) in [6.45, 7) is 1.68. The van der Waals surface area contributed by atoms with E-state index in [1.54, 1.807) is 36.4 Å². The van der Waals surface area contributed by atoms with E-state index in [1.807, 2.05) is 24.3 Å². The smallest absolute Gasteiger partial charge is 0.227 e. The van der Waals surface area contributed by atoms with Crippen LogP contribution in [0.15, 0.2) is 70.6 Å². The zero-order valence-corrected chi connectivity index (χ0v) is 17.6. The van der Waals surface area contributed by atoms with Crippen LogP contribution in [0.25, 0.3) is 21.7 Å². The number of piperidine rings is 1. The van der Waals surface area contributed by atoms with Gasteiger partial charge in [-0.2, -0.15) is 5.10 Å². The highest BCUT2D eigenvalue weighted by molar-refractivity contribution is 7.91. The van der Waals surface area contributed by atoms with Crippen LogP contribution in [0.2, 0.25) is 0 Å². The predicted molar refractivity (Wildman–Crippen MR) is 120 cm³/mol. The lowest BCUT2D eigenvalue weighted by Crippen LogP contribution is -2.34. The molecule has 7 nitrogen and oxygen atoms in total. The Labute approximate surface area is 179 Å². The van der Waals surface area contributed by atoms with Gasteiger partial charge in [-0.3, -0.25) is 9.89 Å². The number of aromatic amines is 1. The number of nitrogens with one attached hydrogen (secondary N) is 3. The predicted octanol–water partition coefficient (Wildman–Crippen LogP) is 3.49. The maximum absolute atomic E-state index is 13.4. The average molecular weight is 435 g/mol. The first-order valence-corrected chi connectivity index (χ1v) is 11.7. The molecule has 8 heteroatoms. The molecule has 4 aromatic rings. The lowest BCUT2D eigenvalue weighted by Gasteiger charge is -2.21. The minimum atomic E-state index is -3.84. The topological polar surface area (TPSA) is 104 Å². The molecule has 1 aliphatic heterocycles. The minimum absolute atomic E-state index is 0.0102. The van der Waals surface area contributed by atoms with Gasteiger partial charge in [0, 0.05) is 22.4 Å². The van der Waals surface area contributed by atoms with Gasteiger partial charge in [0.2, 0.25) is 15.7 Å². The van der Waals surface area contributed by atoms with E-state index in [-0.39, 0.29) is 21.7 Å². The largest absolute Gasteiger partial charge is 0.326 e. The number of H-pyrrole nitrogens is 1. The van der Waals surface area contributed by atoms with Crippen LogP contribution >= 0.6 is 0 Å². The van der Waals surface area contributed by atoms with Gasteiger partial charge in [0.1, 0.15) is 0 Å². The van der Waals surface area contributed by atoms with Gasteiger partial charge in [-0.15, -0.1) is 0 Å². The Kier molecular flexibility index (Phi) is 4.95. The molecule has 1 amide bonds. The van der Waals surface area contributed by atoms with Gasteiger partial charge in [-0.25, -0.2) is 8.42 Å². The summed E-state index contributed by atoms with van der Waals surface area (Å²) in [5.41, 5.74) is 1.18. The van der Waals surface area contributed by atoms with Crippen molar-refractivity contribution >= 4 is 43.1 Å². The zero-order valence-electron chi connectivity index (χ0n) is 16.8. The molecule has 0 unspecified atom stereocenters. The molecule has 3 N–H and O–H groups in total. The molecular weight excluding hydrogens is 412 g/mol. The molecule has 158 valence electrons. The molecule has 0 spiro atoms. The van der Waals surface area contributed by atoms with E-state index >= 15 is 0 Å². The number of hydrogen-bond donors (Lipinski definition) is 3. The van der Waals surface area contributed by atoms with Gasteiger partial charge >= 0.3 is 0 Å². The molecule has 31 heavy (non-hydrogen) atoms. The Balaban J connectivity index is 1.49. The number of rotatable bonds is 4. The molecule has 0 bridgehead atoms. The third-order valence-electron chi connectivity index (χ3n) is 5.80. The Morgan fingerprint density at radius 2 is 1.74 bits per heavy atom. The lowest BCUT2D eigenvalue weighted by atomic mass is 9.97. The lowest BCUT2D eigenvalue weighted by molar-refractivity contribution is -0.120. The number of anilines is 1. The monoisotopic (exact) mass is 434 g/mol. The second-order valence-corrected chi connectivity index (χ2v) is 9.62. The molecule has 2 heterocycles. The standard InChI is InChI=1S/C23H22N4O3S/c28-22(16-10-12-24-13-11-16)25-17-8-9-19-20(14-17)26-27-23(19)31(29,30)21-7-3-5-15-4-1-2-6-18(15)21/h1-9,14,16,24H,10-13H2,(H,25,28)(H,26,27). The molecule has 1 aromatic heterocycles. The SMILES string of the molecule is O=C(Nc1ccc2c(S(=O)(=O)c3cccc4ccccc34)n[nH]c2c1)C1CCNCC1. The molecule has 3 aromatic carbocycles. The summed E-state index contributed by atoms with van der Waals surface area (Å²) in [6, 6.07) is 17.7. The molecule has 1 saturated heterocycles. The number of hydrogen-bond acceptors (Lipinski definition) is 5. The van der Waals surface area contributed by atoms with Crippen molar-refractivity contribution < 1.29 is 13.2 Å². The summed E-state index contributed by atoms with van der Waals surface area (Å²) < 4.78 is 26.9. The van der Waals surface area contributed by atoms with Gasteiger partial charge in [-0.05, 0) is 55.6 Å². The number of fused-ring (bicyclic) bond motifs is 2. The van der Waals surface area contributed by atoms with Gasteiger partial charge in [0.25, 0.3) is 0 Å². The first kappa shape index (κ1) is 19.7. The van der Waals surface area contributed by atoms with Crippen LogP contribution in [0.5, 0.6) is 0 Å². The summed E-state index contributed by atoms with van der Waals surface area (Å²) >= 11 is 0. The Bertz CT molecular complexity index is 1380. The Morgan fingerprint density at radius 3 is 2.58 bits per heavy atom. The summed E-state index contributed by atoms with van der Waals surface area (Å²) in [6.07, 6.45) is 1.62. The van der Waals surface area contributed by atoms with Crippen molar-refractivity contribution in [3.8, 4) is 0 Å². The Hall–Kier alpha value is -3.23. The number of nitrogens with zero attached hydrogens (tertiary/aromatic N) is 1. The maximum atomic E-state index is 13.4. The van der Waals surface area contributed by atoms with Crippen LogP contribution in [0, 0.1) is 5.92 Å². The second-order valence-electron chi connectivity index (χ2n) is 7.78. The van der Waals surface area contributed by atoms with Crippen LogP contribution in [-0.4, -0.2) is 37.6 Å². The molecule has 1 aliphatic rings. The molecule has 0 radical (unpaired) electrons. The van der Waals surface area contributed by atoms with E-state index in [1.165, 1.54) is 0 Å². The van der Waals surface area contributed by atoms with Crippen LogP contribution in [0.1, 0.15) is 12.8 Å². The van der Waals surface area contributed by atoms with E-state index in [9.17, 15) is 13.2 Å². The number of benzene rings is 3. The van der Waals surface area contributed by atoms with E-state index < -0.39 is 9.84 Å². The molecule has 5 rings (SSSR count). The normalized spacial score (nSPS) is 15.4. The van der Waals surface area contributed by atoms with Crippen molar-refractivity contribution in [3.05, 3.63) is 60.7 Å². The van der Waals surface area contributed by atoms with Crippen LogP contribution in [0.4, 0.5) is 5.69 Å². The number of sulfone groups is 1. The van der Waals surface area contributed by atoms with Crippen molar-refractivity contribution in [1.82, 2.24) is 15.5 Å². The molecule has 1 fully saturated rings. The number of carbonyl (C=O) groups excluding carboxylic acids is 1. The van der Waals surface area contributed by atoms with Crippen molar-refractivity contribution in [2.45, 2.75) is 22.8 Å². The fourth-order valence-corrected chi connectivity index (χ4v) is 5.71. The van der Waals surface area contributed by atoms with E-state index in [0.717, 1.165) is 31.3 Å². The maximum Gasteiger partial charge on any atom is 0.227 e. The summed E-state index contributed by atoms with van der Waals surface area (Å²) in [5.74, 6) is -0.0232. The third kappa shape index (κ3) is 3.58. The van der Waals surface area contributed by atoms with E-state index in [0.29, 0.717) is 22.0 Å². The van der Waals surface area contributed by atoms with Gasteiger partial charge < -0.3 is 10.6 Å². The van der Waals surface area contributed by atoms with E-state index in [2.05, 4.69) is 20.8 Å². The summed E-state index contributed by atoms with van der Waals surface area (Å²) in [4.78, 5) is 12.7. The zero-order chi connectivity index (χ0) is 21.4. The number of carbonyl (C=O) groups is 1. The third-order valence-corrected chi connectivity index (χ3v) is 7.55. The van der Waals surface area contributed by atoms with Gasteiger partial charge in [0.15, 0.2) is 5.03 Å². The Morgan fingerprint density at radius 1 is 0.968 bits per heavy atom. The van der Waals surface area contributed by atoms with Crippen molar-refractivity contribution in [3.63, 3.8) is 0 Å². The van der Waals surface area contributed by atoms with Gasteiger partial charge in [0.05, 0.1) is 10.4 Å². The molecule has 0 aliphatic carbocycles. The van der Waals surface area contributed by atoms with Crippen LogP contribution in [-0.2, 0) is 14.6 Å². The first-order chi connectivity index (χ1) is 15.0. The minimum Gasteiger partial charge on any atom is -0.326 e. The summed E-state index contributed by atoms with van der Waals surface area (Å²) in [5, 5.41) is 15.1. The van der Waals surface area contributed by atoms with Gasteiger partial charge in [-0.1, -0.05) is 36.4 Å². The highest BCUT2D eigenvalue weighted by Crippen LogP contribution is 2.32. The van der Waals surface area contributed by atoms with E-state index in [4.69, 9.17) is 0 Å². The summed E-state index contributed by atoms with van der Waals surface area (Å²) in [7, 11) is -3.84. The highest BCUT2D eigenvalue weighted by atomic mass is 32.2. The number of amides is 1. The van der Waals surface area contributed by atoms with Crippen molar-refractivity contribution in [2.75, 3.05) is 18.4 Å². The quantitative estimate of drug-likeness (QED) is 0.456.